The fourth-order valence-electron chi connectivity index (χ4n) is 9.03. The van der Waals surface area contributed by atoms with Gasteiger partial charge in [0.15, 0.2) is 0 Å². The van der Waals surface area contributed by atoms with E-state index in [0.717, 1.165) is 49.7 Å². The zero-order chi connectivity index (χ0) is 37.6. The van der Waals surface area contributed by atoms with Gasteiger partial charge in [0.2, 0.25) is 0 Å². The lowest BCUT2D eigenvalue weighted by Crippen LogP contribution is -2.18. The highest BCUT2D eigenvalue weighted by Gasteiger charge is 2.37. The summed E-state index contributed by atoms with van der Waals surface area (Å²) in [6.45, 7) is 9.36. The first-order valence-corrected chi connectivity index (χ1v) is 18.6. The minimum atomic E-state index is -0.126. The van der Waals surface area contributed by atoms with Crippen molar-refractivity contribution in [2.75, 3.05) is 4.90 Å². The average molecular weight is 682 g/mol. The highest BCUT2D eigenvalue weighted by atomic mass is 15.1. The van der Waals surface area contributed by atoms with E-state index >= 15 is 0 Å². The van der Waals surface area contributed by atoms with Gasteiger partial charge in [-0.1, -0.05) is 161 Å². The first-order chi connectivity index (χ1) is 26.6. The van der Waals surface area contributed by atoms with Crippen LogP contribution in [-0.2, 0) is 10.8 Å². The van der Waals surface area contributed by atoms with Gasteiger partial charge in [0.05, 0.1) is 2.74 Å². The summed E-state index contributed by atoms with van der Waals surface area (Å²) in [4.78, 5) is 2.41. The highest BCUT2D eigenvalue weighted by Crippen LogP contribution is 2.53. The van der Waals surface area contributed by atoms with Crippen molar-refractivity contribution in [3.63, 3.8) is 0 Å². The molecule has 8 aromatic rings. The average Bonchev–Trinajstić information content (AvgIpc) is 3.59. The molecule has 2 aliphatic carbocycles. The molecule has 0 bridgehead atoms. The summed E-state index contributed by atoms with van der Waals surface area (Å²) in [7, 11) is 0. The minimum absolute atomic E-state index is 0.126. The molecule has 1 nitrogen and oxygen atoms in total. The Morgan fingerprint density at radius 3 is 1.60 bits per heavy atom. The van der Waals surface area contributed by atoms with E-state index in [0.29, 0.717) is 0 Å². The van der Waals surface area contributed by atoms with Gasteiger partial charge in [0.1, 0.15) is 0 Å². The first kappa shape index (κ1) is 29.4. The van der Waals surface area contributed by atoms with Crippen molar-refractivity contribution in [3.05, 3.63) is 197 Å². The molecule has 1 heteroatoms. The lowest BCUT2D eigenvalue weighted by molar-refractivity contribution is 0.660. The molecule has 254 valence electrons. The van der Waals surface area contributed by atoms with Crippen LogP contribution in [0.25, 0.3) is 55.9 Å². The Kier molecular flexibility index (Phi) is 6.47. The molecule has 0 amide bonds. The van der Waals surface area contributed by atoms with Gasteiger partial charge >= 0.3 is 0 Å². The highest BCUT2D eigenvalue weighted by molar-refractivity contribution is 5.95. The Bertz CT molecular complexity index is 2800. The van der Waals surface area contributed by atoms with Gasteiger partial charge in [-0.25, -0.2) is 0 Å². The van der Waals surface area contributed by atoms with Gasteiger partial charge in [-0.05, 0) is 120 Å². The summed E-state index contributed by atoms with van der Waals surface area (Å²) in [6.07, 6.45) is 0. The van der Waals surface area contributed by atoms with E-state index in [9.17, 15) is 0 Å². The molecule has 10 rings (SSSR count). The van der Waals surface area contributed by atoms with Crippen molar-refractivity contribution in [1.29, 1.82) is 0 Å². The normalized spacial score (nSPS) is 15.5. The second-order valence-electron chi connectivity index (χ2n) is 15.7. The SMILES string of the molecule is [2H]/C(=C(/[2H])c1cccc2ccccc12)c1ccc2cc(N(c3ccc4c(c3)C(C)(C)c3ccccc3-4)c3ccc4c(c3)C(C)(C)c3ccccc3-4)ccc2c1. The summed E-state index contributed by atoms with van der Waals surface area (Å²) in [5.74, 6) is 0. The third-order valence-electron chi connectivity index (χ3n) is 11.9. The molecule has 0 saturated carbocycles. The Hall–Kier alpha value is -6.18. The topological polar surface area (TPSA) is 3.24 Å². The molecule has 0 unspecified atom stereocenters. The maximum absolute atomic E-state index is 9.11. The van der Waals surface area contributed by atoms with E-state index in [2.05, 4.69) is 160 Å². The molecule has 0 fully saturated rings. The van der Waals surface area contributed by atoms with Crippen molar-refractivity contribution in [3.8, 4) is 22.3 Å². The summed E-state index contributed by atoms with van der Waals surface area (Å²) in [5, 5.41) is 4.18. The van der Waals surface area contributed by atoms with Crippen LogP contribution >= 0.6 is 0 Å². The number of benzene rings is 8. The van der Waals surface area contributed by atoms with E-state index < -0.39 is 0 Å². The monoisotopic (exact) mass is 681 g/mol. The summed E-state index contributed by atoms with van der Waals surface area (Å²) in [6, 6.07) is 58.8. The number of hydrogen-bond acceptors (Lipinski definition) is 1. The Morgan fingerprint density at radius 2 is 0.925 bits per heavy atom. The van der Waals surface area contributed by atoms with Crippen LogP contribution < -0.4 is 4.90 Å². The smallest absolute Gasteiger partial charge is 0.0629 e. The first-order valence-electron chi connectivity index (χ1n) is 19.6. The largest absolute Gasteiger partial charge is 0.310 e. The second kappa shape index (κ2) is 11.7. The standard InChI is InChI=1S/C52H41N/c1-51(2)47-18-9-7-16-43(47)45-28-26-40(32-49(45)51)53(41-27-29-46-44-17-8-10-19-48(44)52(3,4)50(46)33-41)39-25-24-37-30-34(21-23-38(37)31-39)20-22-36-14-11-13-35-12-5-6-15-42(35)36/h5-33H,1-4H3/b22-20+/i20D,22D. The van der Waals surface area contributed by atoms with Gasteiger partial charge in [-0.15, -0.1) is 0 Å². The predicted molar refractivity (Wildman–Crippen MR) is 227 cm³/mol. The van der Waals surface area contributed by atoms with Crippen LogP contribution in [0.2, 0.25) is 0 Å². The van der Waals surface area contributed by atoms with Crippen molar-refractivity contribution in [2.24, 2.45) is 0 Å². The van der Waals surface area contributed by atoms with Crippen molar-refractivity contribution >= 4 is 50.7 Å². The maximum Gasteiger partial charge on any atom is 0.0629 e. The Morgan fingerprint density at radius 1 is 0.415 bits per heavy atom. The summed E-state index contributed by atoms with van der Waals surface area (Å²) >= 11 is 0. The van der Waals surface area contributed by atoms with Crippen molar-refractivity contribution in [2.45, 2.75) is 38.5 Å². The quantitative estimate of drug-likeness (QED) is 0.163. The van der Waals surface area contributed by atoms with Crippen LogP contribution in [-0.4, -0.2) is 0 Å². The van der Waals surface area contributed by atoms with Gasteiger partial charge in [0, 0.05) is 27.9 Å². The van der Waals surface area contributed by atoms with E-state index in [4.69, 9.17) is 2.74 Å². The Labute approximate surface area is 315 Å². The van der Waals surface area contributed by atoms with Crippen LogP contribution in [0.15, 0.2) is 164 Å². The number of nitrogens with zero attached hydrogens (tertiary/aromatic N) is 1. The number of hydrogen-bond donors (Lipinski definition) is 0. The van der Waals surface area contributed by atoms with Crippen LogP contribution in [0.3, 0.4) is 0 Å². The van der Waals surface area contributed by atoms with Crippen molar-refractivity contribution < 1.29 is 2.74 Å². The van der Waals surface area contributed by atoms with Gasteiger partial charge in [-0.2, -0.15) is 0 Å². The van der Waals surface area contributed by atoms with E-state index in [1.54, 1.807) is 0 Å². The minimum Gasteiger partial charge on any atom is -0.310 e. The molecular formula is C52H41N. The van der Waals surface area contributed by atoms with Crippen molar-refractivity contribution in [1.82, 2.24) is 0 Å². The molecule has 0 atom stereocenters. The molecule has 0 radical (unpaired) electrons. The second-order valence-corrected chi connectivity index (χ2v) is 15.7. The molecule has 0 aliphatic heterocycles. The van der Waals surface area contributed by atoms with Crippen LogP contribution in [0, 0.1) is 0 Å². The zero-order valence-electron chi connectivity index (χ0n) is 32.5. The molecule has 8 aromatic carbocycles. The maximum atomic E-state index is 9.11. The third-order valence-corrected chi connectivity index (χ3v) is 11.9. The fraction of sp³-hybridized carbons (Fsp3) is 0.115. The number of anilines is 3. The molecule has 2 aliphatic rings. The van der Waals surface area contributed by atoms with E-state index in [-0.39, 0.29) is 22.9 Å². The summed E-state index contributed by atoms with van der Waals surface area (Å²) < 4.78 is 18.2. The molecule has 0 saturated heterocycles. The number of fused-ring (bicyclic) bond motifs is 8. The third kappa shape index (κ3) is 4.91. The molecule has 0 N–H and O–H groups in total. The lowest BCUT2D eigenvalue weighted by atomic mass is 9.82. The summed E-state index contributed by atoms with van der Waals surface area (Å²) in [5.41, 5.74) is 15.2. The van der Waals surface area contributed by atoms with E-state index in [1.807, 2.05) is 36.4 Å². The van der Waals surface area contributed by atoms with E-state index in [1.165, 1.54) is 44.5 Å². The molecule has 0 spiro atoms. The van der Waals surface area contributed by atoms with Gasteiger partial charge < -0.3 is 4.90 Å². The molecule has 53 heavy (non-hydrogen) atoms. The molecular weight excluding hydrogens is 639 g/mol. The molecule has 0 heterocycles. The van der Waals surface area contributed by atoms with Gasteiger partial charge in [-0.3, -0.25) is 0 Å². The predicted octanol–water partition coefficient (Wildman–Crippen LogP) is 14.2. The van der Waals surface area contributed by atoms with Crippen LogP contribution in [0.1, 0.15) is 63.8 Å². The fourth-order valence-corrected chi connectivity index (χ4v) is 9.03. The lowest BCUT2D eigenvalue weighted by Gasteiger charge is -2.30. The van der Waals surface area contributed by atoms with Crippen LogP contribution in [0.5, 0.6) is 0 Å². The Balaban J connectivity index is 1.10. The number of rotatable bonds is 5. The van der Waals surface area contributed by atoms with Gasteiger partial charge in [0.25, 0.3) is 0 Å². The molecule has 0 aromatic heterocycles. The zero-order valence-corrected chi connectivity index (χ0v) is 30.5. The van der Waals surface area contributed by atoms with Crippen LogP contribution in [0.4, 0.5) is 17.1 Å².